The number of nitrogens with one attached hydrogen (secondary N) is 2. The number of aromatic amines is 1. The number of para-hydroxylation sites is 1. The number of carbonyl (C=O) groups is 1. The van der Waals surface area contributed by atoms with Gasteiger partial charge >= 0.3 is 0 Å². The van der Waals surface area contributed by atoms with E-state index in [0.29, 0.717) is 15.7 Å². The van der Waals surface area contributed by atoms with Crippen LogP contribution >= 0.6 is 12.2 Å². The van der Waals surface area contributed by atoms with Crippen molar-refractivity contribution in [2.24, 2.45) is 5.92 Å². The first-order valence-electron chi connectivity index (χ1n) is 7.56. The molecule has 0 fully saturated rings. The van der Waals surface area contributed by atoms with Gasteiger partial charge in [-0.25, -0.2) is 0 Å². The van der Waals surface area contributed by atoms with Gasteiger partial charge in [0.1, 0.15) is 0 Å². The second kappa shape index (κ2) is 7.52. The molecule has 0 aliphatic heterocycles. The summed E-state index contributed by atoms with van der Waals surface area (Å²) in [5.41, 5.74) is 0.488. The van der Waals surface area contributed by atoms with Crippen LogP contribution in [0.2, 0.25) is 0 Å². The van der Waals surface area contributed by atoms with Crippen LogP contribution in [-0.4, -0.2) is 33.2 Å². The number of benzene rings is 1. The highest BCUT2D eigenvalue weighted by Gasteiger charge is 2.14. The standard InChI is InChI=1S/C16H21N3O3S/c1-10(9-20)11(2)17-14(21)7-8-19-15(22)12-5-3-4-6-13(12)18-16(19)23/h3-6,10-11,20H,7-9H2,1-2H3,(H,17,21)(H,18,23)/t10-,11+/m1/s1. The summed E-state index contributed by atoms with van der Waals surface area (Å²) in [6.07, 6.45) is 0.151. The molecule has 1 heterocycles. The van der Waals surface area contributed by atoms with Crippen LogP contribution in [0.5, 0.6) is 0 Å². The highest BCUT2D eigenvalue weighted by Crippen LogP contribution is 2.06. The Labute approximate surface area is 139 Å². The minimum Gasteiger partial charge on any atom is -0.396 e. The number of fused-ring (bicyclic) bond motifs is 1. The Morgan fingerprint density at radius 1 is 1.39 bits per heavy atom. The minimum absolute atomic E-state index is 0.0108. The van der Waals surface area contributed by atoms with E-state index in [9.17, 15) is 9.59 Å². The van der Waals surface area contributed by atoms with Crippen molar-refractivity contribution in [2.45, 2.75) is 32.9 Å². The zero-order chi connectivity index (χ0) is 17.0. The van der Waals surface area contributed by atoms with Gasteiger partial charge in [-0.2, -0.15) is 0 Å². The number of hydrogen-bond donors (Lipinski definition) is 3. The summed E-state index contributed by atoms with van der Waals surface area (Å²) in [7, 11) is 0. The molecule has 124 valence electrons. The van der Waals surface area contributed by atoms with Gasteiger partial charge in [0.05, 0.1) is 10.9 Å². The van der Waals surface area contributed by atoms with Crippen LogP contribution in [0.15, 0.2) is 29.1 Å². The second-order valence-electron chi connectivity index (χ2n) is 5.70. The molecule has 1 aromatic carbocycles. The average Bonchev–Trinajstić information content (AvgIpc) is 2.53. The molecule has 0 spiro atoms. The van der Waals surface area contributed by atoms with Crippen molar-refractivity contribution in [3.05, 3.63) is 39.4 Å². The largest absolute Gasteiger partial charge is 0.396 e. The first-order chi connectivity index (χ1) is 10.9. The van der Waals surface area contributed by atoms with E-state index in [1.165, 1.54) is 4.57 Å². The van der Waals surface area contributed by atoms with Crippen molar-refractivity contribution < 1.29 is 9.90 Å². The van der Waals surface area contributed by atoms with E-state index >= 15 is 0 Å². The zero-order valence-electron chi connectivity index (χ0n) is 13.2. The number of amides is 1. The average molecular weight is 335 g/mol. The third-order valence-corrected chi connectivity index (χ3v) is 4.30. The van der Waals surface area contributed by atoms with E-state index in [2.05, 4.69) is 10.3 Å². The number of aromatic nitrogens is 2. The van der Waals surface area contributed by atoms with Gasteiger partial charge in [-0.15, -0.1) is 0 Å². The van der Waals surface area contributed by atoms with Gasteiger partial charge in [0, 0.05) is 25.6 Å². The number of H-pyrrole nitrogens is 1. The summed E-state index contributed by atoms with van der Waals surface area (Å²) < 4.78 is 1.70. The maximum Gasteiger partial charge on any atom is 0.262 e. The monoisotopic (exact) mass is 335 g/mol. The SMILES string of the molecule is C[C@H](CO)[C@H](C)NC(=O)CCn1c(=S)[nH]c2ccccc2c1=O. The van der Waals surface area contributed by atoms with Gasteiger partial charge in [0.15, 0.2) is 4.77 Å². The lowest BCUT2D eigenvalue weighted by Crippen LogP contribution is -2.39. The maximum absolute atomic E-state index is 12.5. The topological polar surface area (TPSA) is 87.1 Å². The highest BCUT2D eigenvalue weighted by molar-refractivity contribution is 7.71. The van der Waals surface area contributed by atoms with E-state index in [0.717, 1.165) is 0 Å². The Kier molecular flexibility index (Phi) is 5.68. The highest BCUT2D eigenvalue weighted by atomic mass is 32.1. The van der Waals surface area contributed by atoms with Crippen LogP contribution in [0.4, 0.5) is 0 Å². The summed E-state index contributed by atoms with van der Waals surface area (Å²) in [5.74, 6) is -0.197. The normalized spacial score (nSPS) is 13.7. The Morgan fingerprint density at radius 2 is 2.09 bits per heavy atom. The Balaban J connectivity index is 2.12. The predicted octanol–water partition coefficient (Wildman–Crippen LogP) is 1.58. The maximum atomic E-state index is 12.5. The molecular formula is C16H21N3O3S. The zero-order valence-corrected chi connectivity index (χ0v) is 14.0. The van der Waals surface area contributed by atoms with Crippen LogP contribution in [-0.2, 0) is 11.3 Å². The molecule has 0 aliphatic carbocycles. The van der Waals surface area contributed by atoms with E-state index < -0.39 is 0 Å². The van der Waals surface area contributed by atoms with Gasteiger partial charge in [-0.05, 0) is 37.2 Å². The Morgan fingerprint density at radius 3 is 2.78 bits per heavy atom. The molecule has 0 aliphatic rings. The van der Waals surface area contributed by atoms with E-state index in [-0.39, 0.29) is 43.0 Å². The third kappa shape index (κ3) is 4.05. The van der Waals surface area contributed by atoms with Gasteiger partial charge < -0.3 is 15.4 Å². The van der Waals surface area contributed by atoms with Crippen molar-refractivity contribution >= 4 is 29.0 Å². The third-order valence-electron chi connectivity index (χ3n) is 3.98. The molecule has 3 N–H and O–H groups in total. The quantitative estimate of drug-likeness (QED) is 0.700. The summed E-state index contributed by atoms with van der Waals surface area (Å²) in [4.78, 5) is 27.4. The van der Waals surface area contributed by atoms with Crippen molar-refractivity contribution in [3.63, 3.8) is 0 Å². The molecule has 1 amide bonds. The molecule has 2 aromatic rings. The smallest absolute Gasteiger partial charge is 0.262 e. The number of aliphatic hydroxyl groups excluding tert-OH is 1. The van der Waals surface area contributed by atoms with Gasteiger partial charge in [0.2, 0.25) is 5.91 Å². The predicted molar refractivity (Wildman–Crippen MR) is 91.9 cm³/mol. The summed E-state index contributed by atoms with van der Waals surface area (Å²) in [5, 5.41) is 12.4. The molecule has 0 radical (unpaired) electrons. The molecule has 0 saturated carbocycles. The van der Waals surface area contributed by atoms with Crippen LogP contribution < -0.4 is 10.9 Å². The van der Waals surface area contributed by atoms with Crippen LogP contribution in [0.1, 0.15) is 20.3 Å². The molecule has 1 aromatic heterocycles. The number of aliphatic hydroxyl groups is 1. The lowest BCUT2D eigenvalue weighted by atomic mass is 10.1. The first kappa shape index (κ1) is 17.4. The molecule has 7 heteroatoms. The Hall–Kier alpha value is -1.99. The fraction of sp³-hybridized carbons (Fsp3) is 0.438. The Bertz CT molecular complexity index is 812. The van der Waals surface area contributed by atoms with Crippen molar-refractivity contribution in [2.75, 3.05) is 6.61 Å². The number of hydrogen-bond acceptors (Lipinski definition) is 4. The fourth-order valence-corrected chi connectivity index (χ4v) is 2.53. The molecule has 0 saturated heterocycles. The van der Waals surface area contributed by atoms with Crippen LogP contribution in [0.3, 0.4) is 0 Å². The fourth-order valence-electron chi connectivity index (χ4n) is 2.24. The number of rotatable bonds is 6. The molecule has 0 bridgehead atoms. The molecular weight excluding hydrogens is 314 g/mol. The van der Waals surface area contributed by atoms with E-state index in [1.807, 2.05) is 19.9 Å². The first-order valence-corrected chi connectivity index (χ1v) is 7.97. The van der Waals surface area contributed by atoms with Crippen molar-refractivity contribution in [1.29, 1.82) is 0 Å². The molecule has 2 atom stereocenters. The van der Waals surface area contributed by atoms with Crippen molar-refractivity contribution in [1.82, 2.24) is 14.9 Å². The lowest BCUT2D eigenvalue weighted by molar-refractivity contribution is -0.122. The van der Waals surface area contributed by atoms with Gasteiger partial charge in [0.25, 0.3) is 5.56 Å². The lowest BCUT2D eigenvalue weighted by Gasteiger charge is -2.19. The molecule has 23 heavy (non-hydrogen) atoms. The van der Waals surface area contributed by atoms with E-state index in [1.54, 1.807) is 18.2 Å². The van der Waals surface area contributed by atoms with Crippen LogP contribution in [0, 0.1) is 10.7 Å². The second-order valence-corrected chi connectivity index (χ2v) is 6.09. The number of nitrogens with zero attached hydrogens (tertiary/aromatic N) is 1. The summed E-state index contributed by atoms with van der Waals surface area (Å²) in [6.45, 7) is 3.92. The van der Waals surface area contributed by atoms with Gasteiger partial charge in [-0.3, -0.25) is 14.2 Å². The summed E-state index contributed by atoms with van der Waals surface area (Å²) in [6, 6.07) is 7.01. The van der Waals surface area contributed by atoms with E-state index in [4.69, 9.17) is 17.3 Å². The van der Waals surface area contributed by atoms with Crippen LogP contribution in [0.25, 0.3) is 10.9 Å². The minimum atomic E-state index is -0.200. The number of carbonyl (C=O) groups excluding carboxylic acids is 1. The van der Waals surface area contributed by atoms with Crippen molar-refractivity contribution in [3.8, 4) is 0 Å². The molecule has 2 rings (SSSR count). The molecule has 6 nitrogen and oxygen atoms in total. The van der Waals surface area contributed by atoms with Gasteiger partial charge in [-0.1, -0.05) is 19.1 Å². The summed E-state index contributed by atoms with van der Waals surface area (Å²) >= 11 is 5.21. The molecule has 0 unspecified atom stereocenters.